The van der Waals surface area contributed by atoms with Crippen molar-refractivity contribution in [1.82, 2.24) is 0 Å². The van der Waals surface area contributed by atoms with E-state index < -0.39 is 0 Å². The van der Waals surface area contributed by atoms with Crippen LogP contribution >= 0.6 is 0 Å². The molecule has 0 aromatic heterocycles. The molecule has 0 saturated carbocycles. The van der Waals surface area contributed by atoms with Gasteiger partial charge in [0.15, 0.2) is 0 Å². The highest BCUT2D eigenvalue weighted by atomic mass is 14.6. The summed E-state index contributed by atoms with van der Waals surface area (Å²) in [5, 5.41) is 0. The topological polar surface area (TPSA) is 26.0 Å². The zero-order chi connectivity index (χ0) is 7.68. The van der Waals surface area contributed by atoms with Gasteiger partial charge in [0.25, 0.3) is 0 Å². The number of rotatable bonds is 2. The Bertz CT molecular complexity index is 267. The molecule has 0 spiro atoms. The van der Waals surface area contributed by atoms with Crippen LogP contribution in [0.2, 0.25) is 0 Å². The number of allylic oxidation sites excluding steroid dienone is 7. The van der Waals surface area contributed by atoms with Crippen molar-refractivity contribution in [3.05, 3.63) is 47.7 Å². The smallest absolute Gasteiger partial charge is 0.0319 e. The SMILES string of the molecule is NC1=CC(CC2C=CC=C2)=C1. The Kier molecular flexibility index (Phi) is 1.42. The molecule has 56 valence electrons. The molecule has 1 heteroatoms. The van der Waals surface area contributed by atoms with E-state index in [9.17, 15) is 0 Å². The fourth-order valence-electron chi connectivity index (χ4n) is 1.42. The van der Waals surface area contributed by atoms with Crippen molar-refractivity contribution in [1.29, 1.82) is 0 Å². The van der Waals surface area contributed by atoms with E-state index in [2.05, 4.69) is 24.3 Å². The van der Waals surface area contributed by atoms with Crippen LogP contribution in [0, 0.1) is 5.92 Å². The quantitative estimate of drug-likeness (QED) is 0.631. The van der Waals surface area contributed by atoms with E-state index in [0.29, 0.717) is 5.92 Å². The van der Waals surface area contributed by atoms with Crippen molar-refractivity contribution in [2.24, 2.45) is 11.7 Å². The van der Waals surface area contributed by atoms with Crippen molar-refractivity contribution in [2.45, 2.75) is 6.42 Å². The first-order chi connectivity index (χ1) is 5.34. The summed E-state index contributed by atoms with van der Waals surface area (Å²) in [5.41, 5.74) is 7.76. The second kappa shape index (κ2) is 2.42. The van der Waals surface area contributed by atoms with Crippen LogP contribution in [0.3, 0.4) is 0 Å². The predicted octanol–water partition coefficient (Wildman–Crippen LogP) is 1.90. The van der Waals surface area contributed by atoms with Gasteiger partial charge in [-0.15, -0.1) is 0 Å². The largest absolute Gasteiger partial charge is 0.399 e. The standard InChI is InChI=1S/C10H11N/c11-10-6-9(7-10)5-8-3-1-2-4-8/h1-4,6-8H,5,11H2. The van der Waals surface area contributed by atoms with Gasteiger partial charge in [0.2, 0.25) is 0 Å². The first-order valence-electron chi connectivity index (χ1n) is 3.87. The summed E-state index contributed by atoms with van der Waals surface area (Å²) in [6.07, 6.45) is 13.8. The fourth-order valence-corrected chi connectivity index (χ4v) is 1.42. The van der Waals surface area contributed by atoms with Gasteiger partial charge >= 0.3 is 0 Å². The maximum atomic E-state index is 5.49. The van der Waals surface area contributed by atoms with Crippen LogP contribution in [0.4, 0.5) is 0 Å². The maximum Gasteiger partial charge on any atom is 0.0319 e. The van der Waals surface area contributed by atoms with Gasteiger partial charge in [-0.2, -0.15) is 0 Å². The molecule has 0 fully saturated rings. The molecule has 0 aromatic rings. The van der Waals surface area contributed by atoms with Gasteiger partial charge in [-0.05, 0) is 30.1 Å². The average Bonchev–Trinajstić information content (AvgIpc) is 2.36. The molecule has 0 bridgehead atoms. The molecule has 0 aromatic carbocycles. The van der Waals surface area contributed by atoms with E-state index in [4.69, 9.17) is 5.73 Å². The molecular weight excluding hydrogens is 134 g/mol. The average molecular weight is 145 g/mol. The van der Waals surface area contributed by atoms with Crippen molar-refractivity contribution in [3.63, 3.8) is 0 Å². The lowest BCUT2D eigenvalue weighted by atomic mass is 9.94. The lowest BCUT2D eigenvalue weighted by Gasteiger charge is -2.13. The first-order valence-corrected chi connectivity index (χ1v) is 3.87. The summed E-state index contributed by atoms with van der Waals surface area (Å²) in [7, 11) is 0. The van der Waals surface area contributed by atoms with Gasteiger partial charge in [0.1, 0.15) is 0 Å². The Labute approximate surface area is 66.6 Å². The summed E-state index contributed by atoms with van der Waals surface area (Å²) >= 11 is 0. The van der Waals surface area contributed by atoms with E-state index >= 15 is 0 Å². The number of nitrogens with two attached hydrogens (primary N) is 1. The highest BCUT2D eigenvalue weighted by Gasteiger charge is 2.10. The van der Waals surface area contributed by atoms with Gasteiger partial charge in [0.05, 0.1) is 0 Å². The van der Waals surface area contributed by atoms with Crippen LogP contribution in [0.15, 0.2) is 47.7 Å². The Balaban J connectivity index is 1.88. The molecule has 0 unspecified atom stereocenters. The summed E-state index contributed by atoms with van der Waals surface area (Å²) < 4.78 is 0. The molecule has 0 heterocycles. The molecule has 1 nitrogen and oxygen atoms in total. The van der Waals surface area contributed by atoms with Crippen molar-refractivity contribution in [3.8, 4) is 0 Å². The van der Waals surface area contributed by atoms with Gasteiger partial charge in [-0.25, -0.2) is 0 Å². The van der Waals surface area contributed by atoms with Crippen LogP contribution in [-0.4, -0.2) is 0 Å². The molecule has 0 radical (unpaired) electrons. The normalized spacial score (nSPS) is 21.5. The van der Waals surface area contributed by atoms with Crippen molar-refractivity contribution in [2.75, 3.05) is 0 Å². The van der Waals surface area contributed by atoms with Gasteiger partial charge < -0.3 is 5.73 Å². The summed E-state index contributed by atoms with van der Waals surface area (Å²) in [6.45, 7) is 0. The minimum atomic E-state index is 0.602. The molecular formula is C10H11N. The molecule has 11 heavy (non-hydrogen) atoms. The Hall–Kier alpha value is -1.24. The second-order valence-electron chi connectivity index (χ2n) is 3.00. The Morgan fingerprint density at radius 3 is 2.36 bits per heavy atom. The lowest BCUT2D eigenvalue weighted by molar-refractivity contribution is 0.811. The van der Waals surface area contributed by atoms with Crippen molar-refractivity contribution < 1.29 is 0 Å². The van der Waals surface area contributed by atoms with E-state index in [0.717, 1.165) is 12.1 Å². The van der Waals surface area contributed by atoms with Gasteiger partial charge in [-0.1, -0.05) is 24.3 Å². The molecule has 2 N–H and O–H groups in total. The number of hydrogen-bond acceptors (Lipinski definition) is 1. The first kappa shape index (κ1) is 6.47. The molecule has 2 aliphatic rings. The molecule has 0 saturated heterocycles. The highest BCUT2D eigenvalue weighted by molar-refractivity contribution is 5.43. The molecule has 0 aliphatic heterocycles. The van der Waals surface area contributed by atoms with Crippen LogP contribution in [0.1, 0.15) is 6.42 Å². The minimum Gasteiger partial charge on any atom is -0.399 e. The lowest BCUT2D eigenvalue weighted by Crippen LogP contribution is -2.05. The summed E-state index contributed by atoms with van der Waals surface area (Å²) in [6, 6.07) is 0. The summed E-state index contributed by atoms with van der Waals surface area (Å²) in [4.78, 5) is 0. The van der Waals surface area contributed by atoms with Crippen LogP contribution in [0.25, 0.3) is 0 Å². The maximum absolute atomic E-state index is 5.49. The minimum absolute atomic E-state index is 0.602. The Morgan fingerprint density at radius 1 is 1.18 bits per heavy atom. The third-order valence-corrected chi connectivity index (χ3v) is 2.00. The monoisotopic (exact) mass is 145 g/mol. The predicted molar refractivity (Wildman–Crippen MR) is 46.7 cm³/mol. The zero-order valence-electron chi connectivity index (χ0n) is 6.33. The summed E-state index contributed by atoms with van der Waals surface area (Å²) in [5.74, 6) is 0.602. The van der Waals surface area contributed by atoms with E-state index in [1.54, 1.807) is 0 Å². The van der Waals surface area contributed by atoms with E-state index in [1.165, 1.54) is 5.57 Å². The van der Waals surface area contributed by atoms with Gasteiger partial charge in [-0.3, -0.25) is 0 Å². The van der Waals surface area contributed by atoms with Crippen LogP contribution in [-0.2, 0) is 0 Å². The number of hydrogen-bond donors (Lipinski definition) is 1. The molecule has 0 amide bonds. The molecule has 0 atom stereocenters. The van der Waals surface area contributed by atoms with Crippen molar-refractivity contribution >= 4 is 0 Å². The van der Waals surface area contributed by atoms with Crippen LogP contribution < -0.4 is 5.73 Å². The fraction of sp³-hybridized carbons (Fsp3) is 0.200. The van der Waals surface area contributed by atoms with E-state index in [1.807, 2.05) is 12.2 Å². The highest BCUT2D eigenvalue weighted by Crippen LogP contribution is 2.24. The molecule has 2 rings (SSSR count). The zero-order valence-corrected chi connectivity index (χ0v) is 6.33. The third kappa shape index (κ3) is 1.27. The van der Waals surface area contributed by atoms with E-state index in [-0.39, 0.29) is 0 Å². The molecule has 2 aliphatic carbocycles. The van der Waals surface area contributed by atoms with Crippen LogP contribution in [0.5, 0.6) is 0 Å². The Morgan fingerprint density at radius 2 is 1.82 bits per heavy atom. The third-order valence-electron chi connectivity index (χ3n) is 2.00. The second-order valence-corrected chi connectivity index (χ2v) is 3.00. The van der Waals surface area contributed by atoms with Gasteiger partial charge in [0, 0.05) is 5.70 Å².